The van der Waals surface area contributed by atoms with Crippen molar-refractivity contribution in [2.45, 2.75) is 13.0 Å². The number of carbonyl (C=O) groups excluding carboxylic acids is 1. The highest BCUT2D eigenvalue weighted by Crippen LogP contribution is 2.25. The van der Waals surface area contributed by atoms with Crippen molar-refractivity contribution in [1.82, 2.24) is 10.3 Å². The van der Waals surface area contributed by atoms with Gasteiger partial charge in [-0.3, -0.25) is 9.78 Å². The largest absolute Gasteiger partial charge is 0.497 e. The molecule has 0 aliphatic rings. The van der Waals surface area contributed by atoms with E-state index in [1.807, 2.05) is 36.4 Å². The molecule has 0 aliphatic carbocycles. The number of hydrogen-bond donors (Lipinski definition) is 1. The van der Waals surface area contributed by atoms with Gasteiger partial charge in [0, 0.05) is 23.2 Å². The molecule has 3 aromatic rings. The second-order valence-corrected chi connectivity index (χ2v) is 4.90. The van der Waals surface area contributed by atoms with Crippen LogP contribution in [0.15, 0.2) is 53.3 Å². The Morgan fingerprint density at radius 3 is 3.00 bits per heavy atom. The molecule has 112 valence electrons. The Labute approximate surface area is 127 Å². The van der Waals surface area contributed by atoms with Gasteiger partial charge in [-0.1, -0.05) is 6.07 Å². The first-order chi connectivity index (χ1) is 10.8. The molecule has 5 nitrogen and oxygen atoms in total. The van der Waals surface area contributed by atoms with Gasteiger partial charge in [-0.15, -0.1) is 0 Å². The lowest BCUT2D eigenvalue weighted by Gasteiger charge is -2.04. The van der Waals surface area contributed by atoms with Gasteiger partial charge in [0.1, 0.15) is 11.3 Å². The number of amides is 1. The van der Waals surface area contributed by atoms with Gasteiger partial charge in [0.15, 0.2) is 0 Å². The minimum atomic E-state index is -0.0656. The Morgan fingerprint density at radius 1 is 1.32 bits per heavy atom. The van der Waals surface area contributed by atoms with E-state index in [4.69, 9.17) is 9.15 Å². The fraction of sp³-hybridized carbons (Fsp3) is 0.176. The van der Waals surface area contributed by atoms with E-state index in [9.17, 15) is 4.79 Å². The fourth-order valence-electron chi connectivity index (χ4n) is 2.25. The number of carbonyl (C=O) groups is 1. The summed E-state index contributed by atoms with van der Waals surface area (Å²) in [7, 11) is 1.61. The zero-order valence-electron chi connectivity index (χ0n) is 12.2. The number of aromatic nitrogens is 1. The van der Waals surface area contributed by atoms with Crippen molar-refractivity contribution in [1.29, 1.82) is 0 Å². The van der Waals surface area contributed by atoms with E-state index in [0.717, 1.165) is 22.4 Å². The predicted octanol–water partition coefficient (Wildman–Crippen LogP) is 2.70. The highest BCUT2D eigenvalue weighted by molar-refractivity contribution is 5.88. The lowest BCUT2D eigenvalue weighted by Crippen LogP contribution is -2.24. The van der Waals surface area contributed by atoms with Crippen LogP contribution in [0.4, 0.5) is 0 Å². The monoisotopic (exact) mass is 296 g/mol. The van der Waals surface area contributed by atoms with Crippen molar-refractivity contribution < 1.29 is 13.9 Å². The Kier molecular flexibility index (Phi) is 4.05. The number of nitrogens with zero attached hydrogens (tertiary/aromatic N) is 1. The van der Waals surface area contributed by atoms with Crippen LogP contribution in [-0.4, -0.2) is 18.0 Å². The molecule has 5 heteroatoms. The van der Waals surface area contributed by atoms with Crippen LogP contribution in [0.5, 0.6) is 5.75 Å². The van der Waals surface area contributed by atoms with Crippen molar-refractivity contribution in [2.75, 3.05) is 7.11 Å². The average Bonchev–Trinajstić information content (AvgIpc) is 2.96. The van der Waals surface area contributed by atoms with E-state index in [-0.39, 0.29) is 12.3 Å². The van der Waals surface area contributed by atoms with Crippen molar-refractivity contribution in [3.05, 3.63) is 60.1 Å². The molecular formula is C17H16N2O3. The van der Waals surface area contributed by atoms with Crippen LogP contribution < -0.4 is 10.1 Å². The number of pyridine rings is 1. The lowest BCUT2D eigenvalue weighted by molar-refractivity contribution is -0.120. The SMILES string of the molecule is COc1ccc2c(CC(=O)NCc3ccccn3)coc2c1. The third-order valence-electron chi connectivity index (χ3n) is 3.41. The molecule has 0 aliphatic heterocycles. The van der Waals surface area contributed by atoms with E-state index in [1.54, 1.807) is 19.6 Å². The molecule has 1 N–H and O–H groups in total. The summed E-state index contributed by atoms with van der Waals surface area (Å²) in [6, 6.07) is 11.2. The molecule has 0 saturated carbocycles. The maximum absolute atomic E-state index is 12.0. The highest BCUT2D eigenvalue weighted by Gasteiger charge is 2.11. The molecule has 1 amide bonds. The van der Waals surface area contributed by atoms with E-state index >= 15 is 0 Å². The minimum absolute atomic E-state index is 0.0656. The summed E-state index contributed by atoms with van der Waals surface area (Å²) in [5.74, 6) is 0.664. The fourth-order valence-corrected chi connectivity index (χ4v) is 2.25. The van der Waals surface area contributed by atoms with Crippen molar-refractivity contribution in [3.63, 3.8) is 0 Å². The van der Waals surface area contributed by atoms with Gasteiger partial charge in [0.2, 0.25) is 5.91 Å². The Morgan fingerprint density at radius 2 is 2.23 bits per heavy atom. The Balaban J connectivity index is 1.66. The number of ether oxygens (including phenoxy) is 1. The zero-order chi connectivity index (χ0) is 15.4. The van der Waals surface area contributed by atoms with Crippen LogP contribution in [0.25, 0.3) is 11.0 Å². The minimum Gasteiger partial charge on any atom is -0.497 e. The van der Waals surface area contributed by atoms with Gasteiger partial charge >= 0.3 is 0 Å². The van der Waals surface area contributed by atoms with Crippen LogP contribution in [-0.2, 0) is 17.8 Å². The topological polar surface area (TPSA) is 64.4 Å². The lowest BCUT2D eigenvalue weighted by atomic mass is 10.1. The normalized spacial score (nSPS) is 10.6. The molecule has 0 radical (unpaired) electrons. The van der Waals surface area contributed by atoms with Crippen molar-refractivity contribution in [3.8, 4) is 5.75 Å². The Hall–Kier alpha value is -2.82. The maximum Gasteiger partial charge on any atom is 0.224 e. The standard InChI is InChI=1S/C17H16N2O3/c1-21-14-5-6-15-12(11-22-16(15)9-14)8-17(20)19-10-13-4-2-3-7-18-13/h2-7,9,11H,8,10H2,1H3,(H,19,20). The molecule has 0 spiro atoms. The van der Waals surface area contributed by atoms with Gasteiger partial charge in [0.25, 0.3) is 0 Å². The molecule has 0 fully saturated rings. The van der Waals surface area contributed by atoms with Gasteiger partial charge < -0.3 is 14.5 Å². The summed E-state index contributed by atoms with van der Waals surface area (Å²) < 4.78 is 10.6. The second-order valence-electron chi connectivity index (χ2n) is 4.90. The maximum atomic E-state index is 12.0. The highest BCUT2D eigenvalue weighted by atomic mass is 16.5. The first-order valence-corrected chi connectivity index (χ1v) is 6.97. The second kappa shape index (κ2) is 6.30. The summed E-state index contributed by atoms with van der Waals surface area (Å²) in [5.41, 5.74) is 2.40. The van der Waals surface area contributed by atoms with Gasteiger partial charge in [0.05, 0.1) is 32.0 Å². The average molecular weight is 296 g/mol. The quantitative estimate of drug-likeness (QED) is 0.786. The summed E-state index contributed by atoms with van der Waals surface area (Å²) in [6.45, 7) is 0.420. The number of rotatable bonds is 5. The van der Waals surface area contributed by atoms with Crippen LogP contribution in [0.2, 0.25) is 0 Å². The predicted molar refractivity (Wildman–Crippen MR) is 82.6 cm³/mol. The number of furan rings is 1. The number of methoxy groups -OCH3 is 1. The molecule has 0 atom stereocenters. The number of benzene rings is 1. The van der Waals surface area contributed by atoms with E-state index in [2.05, 4.69) is 10.3 Å². The first kappa shape index (κ1) is 14.1. The molecule has 0 unspecified atom stereocenters. The summed E-state index contributed by atoms with van der Waals surface area (Å²) in [5, 5.41) is 3.78. The van der Waals surface area contributed by atoms with Crippen LogP contribution in [0, 0.1) is 0 Å². The molecule has 0 saturated heterocycles. The van der Waals surface area contributed by atoms with E-state index in [1.165, 1.54) is 0 Å². The molecule has 2 aromatic heterocycles. The van der Waals surface area contributed by atoms with Crippen molar-refractivity contribution in [2.24, 2.45) is 0 Å². The third-order valence-corrected chi connectivity index (χ3v) is 3.41. The van der Waals surface area contributed by atoms with Crippen LogP contribution in [0.1, 0.15) is 11.3 Å². The van der Waals surface area contributed by atoms with Crippen LogP contribution >= 0.6 is 0 Å². The van der Waals surface area contributed by atoms with Gasteiger partial charge in [-0.25, -0.2) is 0 Å². The van der Waals surface area contributed by atoms with E-state index in [0.29, 0.717) is 12.1 Å². The number of hydrogen-bond acceptors (Lipinski definition) is 4. The van der Waals surface area contributed by atoms with Gasteiger partial charge in [-0.2, -0.15) is 0 Å². The summed E-state index contributed by atoms with van der Waals surface area (Å²) in [6.07, 6.45) is 3.59. The molecule has 2 heterocycles. The molecule has 1 aromatic carbocycles. The van der Waals surface area contributed by atoms with Crippen LogP contribution in [0.3, 0.4) is 0 Å². The zero-order valence-corrected chi connectivity index (χ0v) is 12.2. The third kappa shape index (κ3) is 3.09. The Bertz CT molecular complexity index is 781. The number of nitrogens with one attached hydrogen (secondary N) is 1. The molecular weight excluding hydrogens is 280 g/mol. The van der Waals surface area contributed by atoms with Gasteiger partial charge in [-0.05, 0) is 24.3 Å². The number of fused-ring (bicyclic) bond motifs is 1. The van der Waals surface area contributed by atoms with Crippen molar-refractivity contribution >= 4 is 16.9 Å². The summed E-state index contributed by atoms with van der Waals surface area (Å²) in [4.78, 5) is 16.2. The smallest absolute Gasteiger partial charge is 0.224 e. The molecule has 0 bridgehead atoms. The van der Waals surface area contributed by atoms with E-state index < -0.39 is 0 Å². The first-order valence-electron chi connectivity index (χ1n) is 6.97. The summed E-state index contributed by atoms with van der Waals surface area (Å²) >= 11 is 0. The molecule has 3 rings (SSSR count). The molecule has 22 heavy (non-hydrogen) atoms.